The quantitative estimate of drug-likeness (QED) is 0.430. The van der Waals surface area contributed by atoms with Gasteiger partial charge in [-0.2, -0.15) is 0 Å². The molecule has 15 heavy (non-hydrogen) atoms. The Morgan fingerprint density at radius 3 is 1.33 bits per heavy atom. The van der Waals surface area contributed by atoms with E-state index in [9.17, 15) is 14.4 Å². The zero-order chi connectivity index (χ0) is 10.6. The van der Waals surface area contributed by atoms with Crippen molar-refractivity contribution >= 4 is 47.5 Å². The maximum absolute atomic E-state index is 10.3. The first-order valence-electron chi connectivity index (χ1n) is 3.17. The summed E-state index contributed by atoms with van der Waals surface area (Å²) in [4.78, 5) is 30.5. The summed E-state index contributed by atoms with van der Waals surface area (Å²) in [6.45, 7) is 0. The number of carbonyl (C=O) groups is 3. The SMILES string of the molecule is O=C(O)CC(O)(CC(=O)O)C(=O)O.[Fe].[NaH]. The number of carboxylic acid groups (broad SMARTS) is 3. The van der Waals surface area contributed by atoms with Crippen LogP contribution in [0.5, 0.6) is 0 Å². The monoisotopic (exact) mass is 272 g/mol. The molecule has 0 atom stereocenters. The van der Waals surface area contributed by atoms with Crippen LogP contribution >= 0.6 is 0 Å². The van der Waals surface area contributed by atoms with Gasteiger partial charge >= 0.3 is 47.5 Å². The summed E-state index contributed by atoms with van der Waals surface area (Å²) in [5.41, 5.74) is -2.74. The van der Waals surface area contributed by atoms with Gasteiger partial charge in [-0.25, -0.2) is 4.79 Å². The molecule has 0 heterocycles. The van der Waals surface area contributed by atoms with Crippen molar-refractivity contribution in [2.45, 2.75) is 18.4 Å². The van der Waals surface area contributed by atoms with Crippen LogP contribution in [-0.4, -0.2) is 73.5 Å². The molecule has 0 unspecified atom stereocenters. The maximum atomic E-state index is 10.3. The molecule has 0 aliphatic carbocycles. The van der Waals surface area contributed by atoms with Gasteiger partial charge in [0.1, 0.15) is 0 Å². The Morgan fingerprint density at radius 2 is 1.20 bits per heavy atom. The summed E-state index contributed by atoms with van der Waals surface area (Å²) in [6.07, 6.45) is -2.29. The Morgan fingerprint density at radius 1 is 0.933 bits per heavy atom. The van der Waals surface area contributed by atoms with Gasteiger partial charge < -0.3 is 20.4 Å². The van der Waals surface area contributed by atoms with Crippen molar-refractivity contribution in [3.63, 3.8) is 0 Å². The van der Waals surface area contributed by atoms with Crippen molar-refractivity contribution in [3.05, 3.63) is 0 Å². The number of hydrogen-bond donors (Lipinski definition) is 4. The van der Waals surface area contributed by atoms with Crippen LogP contribution in [-0.2, 0) is 31.5 Å². The van der Waals surface area contributed by atoms with Gasteiger partial charge in [0.15, 0.2) is 5.60 Å². The molecule has 84 valence electrons. The van der Waals surface area contributed by atoms with Gasteiger partial charge in [-0.15, -0.1) is 0 Å². The van der Waals surface area contributed by atoms with Crippen LogP contribution in [0.1, 0.15) is 12.8 Å². The van der Waals surface area contributed by atoms with E-state index >= 15 is 0 Å². The van der Waals surface area contributed by atoms with Gasteiger partial charge in [0.05, 0.1) is 12.8 Å². The van der Waals surface area contributed by atoms with Gasteiger partial charge in [0.25, 0.3) is 0 Å². The Labute approximate surface area is 117 Å². The Kier molecular flexibility index (Phi) is 11.0. The fraction of sp³-hybridized carbons (Fsp3) is 0.500. The third-order valence-electron chi connectivity index (χ3n) is 1.29. The summed E-state index contributed by atoms with van der Waals surface area (Å²) < 4.78 is 0. The van der Waals surface area contributed by atoms with Crippen LogP contribution in [0.3, 0.4) is 0 Å². The van der Waals surface area contributed by atoms with E-state index in [0.29, 0.717) is 0 Å². The number of carboxylic acids is 3. The van der Waals surface area contributed by atoms with Gasteiger partial charge in [0.2, 0.25) is 0 Å². The molecule has 0 radical (unpaired) electrons. The summed E-state index contributed by atoms with van der Waals surface area (Å²) in [7, 11) is 0. The molecule has 0 aliphatic heterocycles. The molecule has 0 fully saturated rings. The van der Waals surface area contributed by atoms with E-state index in [-0.39, 0.29) is 46.6 Å². The molecule has 7 nitrogen and oxygen atoms in total. The number of aliphatic carboxylic acids is 3. The van der Waals surface area contributed by atoms with E-state index in [4.69, 9.17) is 20.4 Å². The predicted octanol–water partition coefficient (Wildman–Crippen LogP) is -1.90. The van der Waals surface area contributed by atoms with E-state index in [0.717, 1.165) is 0 Å². The number of hydrogen-bond acceptors (Lipinski definition) is 4. The fourth-order valence-electron chi connectivity index (χ4n) is 0.714. The molecule has 0 rings (SSSR count). The van der Waals surface area contributed by atoms with Crippen LogP contribution < -0.4 is 0 Å². The minimum absolute atomic E-state index is 0. The van der Waals surface area contributed by atoms with Gasteiger partial charge in [-0.05, 0) is 0 Å². The van der Waals surface area contributed by atoms with Crippen molar-refractivity contribution in [1.82, 2.24) is 0 Å². The van der Waals surface area contributed by atoms with Crippen molar-refractivity contribution in [2.24, 2.45) is 0 Å². The zero-order valence-electron chi connectivity index (χ0n) is 6.78. The van der Waals surface area contributed by atoms with Crippen molar-refractivity contribution < 1.29 is 51.9 Å². The van der Waals surface area contributed by atoms with Crippen molar-refractivity contribution in [3.8, 4) is 0 Å². The summed E-state index contributed by atoms with van der Waals surface area (Å²) >= 11 is 0. The Hall–Kier alpha value is -0.111. The molecule has 0 saturated heterocycles. The van der Waals surface area contributed by atoms with Crippen LogP contribution in [0.25, 0.3) is 0 Å². The zero-order valence-corrected chi connectivity index (χ0v) is 7.89. The predicted molar refractivity (Wildman–Crippen MR) is 44.2 cm³/mol. The summed E-state index contributed by atoms with van der Waals surface area (Å²) in [6, 6.07) is 0. The molecule has 0 spiro atoms. The average Bonchev–Trinajstić information content (AvgIpc) is 1.82. The molecule has 0 aromatic carbocycles. The van der Waals surface area contributed by atoms with E-state index in [1.807, 2.05) is 0 Å². The van der Waals surface area contributed by atoms with E-state index < -0.39 is 36.4 Å². The Bertz CT molecular complexity index is 238. The van der Waals surface area contributed by atoms with Crippen LogP contribution in [0.4, 0.5) is 0 Å². The third kappa shape index (κ3) is 7.78. The summed E-state index contributed by atoms with van der Waals surface area (Å²) in [5.74, 6) is -5.02. The topological polar surface area (TPSA) is 132 Å². The fourth-order valence-corrected chi connectivity index (χ4v) is 0.714. The van der Waals surface area contributed by atoms with Crippen LogP contribution in [0.15, 0.2) is 0 Å². The Balaban J connectivity index is -0.000000720. The van der Waals surface area contributed by atoms with Gasteiger partial charge in [0, 0.05) is 17.1 Å². The second-order valence-corrected chi connectivity index (χ2v) is 2.48. The number of rotatable bonds is 5. The van der Waals surface area contributed by atoms with Crippen molar-refractivity contribution in [2.75, 3.05) is 0 Å². The number of aliphatic hydroxyl groups is 1. The second kappa shape index (κ2) is 8.09. The van der Waals surface area contributed by atoms with E-state index in [1.165, 1.54) is 0 Å². The van der Waals surface area contributed by atoms with E-state index in [1.54, 1.807) is 0 Å². The van der Waals surface area contributed by atoms with Crippen molar-refractivity contribution in [1.29, 1.82) is 0 Å². The first-order chi connectivity index (χ1) is 5.78. The van der Waals surface area contributed by atoms with E-state index in [2.05, 4.69) is 0 Å². The molecule has 0 aromatic heterocycles. The molecular weight excluding hydrogens is 263 g/mol. The first-order valence-corrected chi connectivity index (χ1v) is 3.17. The molecule has 0 bridgehead atoms. The molecule has 0 aromatic rings. The molecule has 4 N–H and O–H groups in total. The summed E-state index contributed by atoms with van der Waals surface area (Å²) in [5, 5.41) is 33.8. The molecule has 9 heteroatoms. The standard InChI is InChI=1S/C6H8O7.Fe.Na.H/c7-3(8)1-6(13,5(11)12)2-4(9)10;;;/h13H,1-2H2,(H,7,8)(H,9,10)(H,11,12);;;. The average molecular weight is 272 g/mol. The molecule has 0 amide bonds. The second-order valence-electron chi connectivity index (χ2n) is 2.48. The normalized spacial score (nSPS) is 9.40. The van der Waals surface area contributed by atoms with Crippen LogP contribution in [0, 0.1) is 0 Å². The third-order valence-corrected chi connectivity index (χ3v) is 1.29. The molecule has 0 aliphatic rings. The van der Waals surface area contributed by atoms with Gasteiger partial charge in [-0.1, -0.05) is 0 Å². The minimum atomic E-state index is -2.74. The van der Waals surface area contributed by atoms with Crippen LogP contribution in [0.2, 0.25) is 0 Å². The molecule has 0 saturated carbocycles. The first kappa shape index (κ1) is 20.3. The van der Waals surface area contributed by atoms with Gasteiger partial charge in [-0.3, -0.25) is 9.59 Å². The molecular formula is C6H9FeNaO7.